The van der Waals surface area contributed by atoms with Gasteiger partial charge >= 0.3 is 0 Å². The Balaban J connectivity index is 1.59. The van der Waals surface area contributed by atoms with Crippen LogP contribution in [0, 0.1) is 0 Å². The van der Waals surface area contributed by atoms with Crippen molar-refractivity contribution in [3.05, 3.63) is 71.9 Å². The fourth-order valence-electron chi connectivity index (χ4n) is 2.50. The van der Waals surface area contributed by atoms with Gasteiger partial charge in [-0.3, -0.25) is 0 Å². The maximum absolute atomic E-state index is 5.37. The van der Waals surface area contributed by atoms with Crippen molar-refractivity contribution < 1.29 is 9.47 Å². The number of nitrogens with one attached hydrogen (secondary N) is 2. The lowest BCUT2D eigenvalue weighted by Gasteiger charge is -2.11. The van der Waals surface area contributed by atoms with E-state index >= 15 is 0 Å². The van der Waals surface area contributed by atoms with E-state index in [1.807, 2.05) is 54.6 Å². The minimum Gasteiger partial charge on any atom is -0.497 e. The molecular weight excluding hydrogens is 328 g/mol. The number of ether oxygens (including phenoxy) is 2. The maximum atomic E-state index is 5.37. The smallest absolute Gasteiger partial charge is 0.224 e. The molecule has 3 aromatic rings. The third-order valence-corrected chi connectivity index (χ3v) is 3.92. The highest BCUT2D eigenvalue weighted by Gasteiger charge is 2.03. The van der Waals surface area contributed by atoms with Crippen molar-refractivity contribution in [3.8, 4) is 11.5 Å². The fraction of sp³-hybridized carbons (Fsp3) is 0.200. The van der Waals surface area contributed by atoms with E-state index < -0.39 is 0 Å². The molecule has 0 aliphatic carbocycles. The standard InChI is InChI=1S/C20H22N4O2/c1-25-17-9-7-15(8-10-17)13-23-20-21-12-11-19(24-20)22-14-16-5-3-4-6-18(16)26-2/h3-12H,13-14H2,1-2H3,(H2,21,22,23,24). The fourth-order valence-corrected chi connectivity index (χ4v) is 2.50. The van der Waals surface area contributed by atoms with Crippen LogP contribution in [0.15, 0.2) is 60.8 Å². The van der Waals surface area contributed by atoms with Crippen molar-refractivity contribution in [2.45, 2.75) is 13.1 Å². The first kappa shape index (κ1) is 17.5. The SMILES string of the molecule is COc1ccc(CNc2nccc(NCc3ccccc3OC)n2)cc1. The van der Waals surface area contributed by atoms with Crippen LogP contribution in [0.2, 0.25) is 0 Å². The normalized spacial score (nSPS) is 10.2. The average molecular weight is 350 g/mol. The van der Waals surface area contributed by atoms with Crippen LogP contribution in [0.3, 0.4) is 0 Å². The van der Waals surface area contributed by atoms with Gasteiger partial charge in [0.15, 0.2) is 0 Å². The summed E-state index contributed by atoms with van der Waals surface area (Å²) in [6.07, 6.45) is 1.73. The molecule has 26 heavy (non-hydrogen) atoms. The number of hydrogen-bond acceptors (Lipinski definition) is 6. The van der Waals surface area contributed by atoms with E-state index in [0.29, 0.717) is 19.0 Å². The number of benzene rings is 2. The molecule has 2 N–H and O–H groups in total. The topological polar surface area (TPSA) is 68.3 Å². The second-order valence-electron chi connectivity index (χ2n) is 5.63. The van der Waals surface area contributed by atoms with Gasteiger partial charge in [0.2, 0.25) is 5.95 Å². The van der Waals surface area contributed by atoms with Crippen molar-refractivity contribution >= 4 is 11.8 Å². The lowest BCUT2D eigenvalue weighted by Crippen LogP contribution is -2.07. The average Bonchev–Trinajstić information content (AvgIpc) is 2.71. The summed E-state index contributed by atoms with van der Waals surface area (Å²) < 4.78 is 10.5. The van der Waals surface area contributed by atoms with Gasteiger partial charge in [-0.2, -0.15) is 4.98 Å². The van der Waals surface area contributed by atoms with E-state index in [1.165, 1.54) is 0 Å². The number of rotatable bonds is 8. The largest absolute Gasteiger partial charge is 0.497 e. The third-order valence-electron chi connectivity index (χ3n) is 3.92. The Bertz CT molecular complexity index is 837. The predicted octanol–water partition coefficient (Wildman–Crippen LogP) is 3.72. The molecule has 0 atom stereocenters. The lowest BCUT2D eigenvalue weighted by molar-refractivity contribution is 0.410. The molecule has 0 aliphatic rings. The van der Waals surface area contributed by atoms with Crippen molar-refractivity contribution in [1.29, 1.82) is 0 Å². The van der Waals surface area contributed by atoms with E-state index in [1.54, 1.807) is 20.4 Å². The van der Waals surface area contributed by atoms with E-state index in [0.717, 1.165) is 28.4 Å². The summed E-state index contributed by atoms with van der Waals surface area (Å²) in [4.78, 5) is 8.76. The van der Waals surface area contributed by atoms with E-state index in [-0.39, 0.29) is 0 Å². The zero-order valence-corrected chi connectivity index (χ0v) is 14.9. The molecule has 6 nitrogen and oxygen atoms in total. The van der Waals surface area contributed by atoms with E-state index in [4.69, 9.17) is 9.47 Å². The van der Waals surface area contributed by atoms with Crippen LogP contribution in [0.25, 0.3) is 0 Å². The van der Waals surface area contributed by atoms with Crippen LogP contribution in [0.4, 0.5) is 11.8 Å². The zero-order chi connectivity index (χ0) is 18.2. The Morgan fingerprint density at radius 3 is 2.42 bits per heavy atom. The second-order valence-corrected chi connectivity index (χ2v) is 5.63. The first-order valence-corrected chi connectivity index (χ1v) is 8.34. The zero-order valence-electron chi connectivity index (χ0n) is 14.9. The number of anilines is 2. The van der Waals surface area contributed by atoms with Crippen LogP contribution in [-0.2, 0) is 13.1 Å². The minimum atomic E-state index is 0.575. The summed E-state index contributed by atoms with van der Waals surface area (Å²) in [5.41, 5.74) is 2.20. The Morgan fingerprint density at radius 2 is 1.65 bits per heavy atom. The van der Waals surface area contributed by atoms with Gasteiger partial charge in [0.1, 0.15) is 17.3 Å². The van der Waals surface area contributed by atoms with Gasteiger partial charge in [0.25, 0.3) is 0 Å². The van der Waals surface area contributed by atoms with Gasteiger partial charge in [-0.25, -0.2) is 4.98 Å². The quantitative estimate of drug-likeness (QED) is 0.645. The van der Waals surface area contributed by atoms with Crippen molar-refractivity contribution in [2.24, 2.45) is 0 Å². The first-order valence-electron chi connectivity index (χ1n) is 8.34. The number of aromatic nitrogens is 2. The molecule has 3 rings (SSSR count). The minimum absolute atomic E-state index is 0.575. The van der Waals surface area contributed by atoms with Gasteiger partial charge in [-0.1, -0.05) is 30.3 Å². The van der Waals surface area contributed by atoms with Crippen LogP contribution in [0.5, 0.6) is 11.5 Å². The van der Waals surface area contributed by atoms with Gasteiger partial charge in [-0.05, 0) is 29.8 Å². The molecule has 134 valence electrons. The third kappa shape index (κ3) is 4.63. The molecule has 0 saturated carbocycles. The van der Waals surface area contributed by atoms with Gasteiger partial charge in [0.05, 0.1) is 14.2 Å². The molecule has 0 spiro atoms. The summed E-state index contributed by atoms with van der Waals surface area (Å²) in [5, 5.41) is 6.53. The highest BCUT2D eigenvalue weighted by Crippen LogP contribution is 2.19. The Morgan fingerprint density at radius 1 is 0.846 bits per heavy atom. The summed E-state index contributed by atoms with van der Waals surface area (Å²) >= 11 is 0. The van der Waals surface area contributed by atoms with E-state index in [2.05, 4.69) is 20.6 Å². The first-order chi connectivity index (χ1) is 12.8. The molecule has 6 heteroatoms. The molecule has 0 bridgehead atoms. The molecule has 0 unspecified atom stereocenters. The summed E-state index contributed by atoms with van der Waals surface area (Å²) in [7, 11) is 3.33. The Labute approximate surface area is 153 Å². The van der Waals surface area contributed by atoms with E-state index in [9.17, 15) is 0 Å². The Kier molecular flexibility index (Phi) is 5.88. The molecular formula is C20H22N4O2. The highest BCUT2D eigenvalue weighted by molar-refractivity contribution is 5.43. The molecule has 0 amide bonds. The second kappa shape index (κ2) is 8.71. The summed E-state index contributed by atoms with van der Waals surface area (Å²) in [6, 6.07) is 17.6. The number of hydrogen-bond donors (Lipinski definition) is 2. The number of para-hydroxylation sites is 1. The maximum Gasteiger partial charge on any atom is 0.224 e. The van der Waals surface area contributed by atoms with Crippen LogP contribution in [0.1, 0.15) is 11.1 Å². The van der Waals surface area contributed by atoms with Crippen molar-refractivity contribution in [2.75, 3.05) is 24.9 Å². The predicted molar refractivity (Wildman–Crippen MR) is 103 cm³/mol. The molecule has 0 fully saturated rings. The molecule has 0 radical (unpaired) electrons. The monoisotopic (exact) mass is 350 g/mol. The molecule has 2 aromatic carbocycles. The molecule has 0 saturated heterocycles. The van der Waals surface area contributed by atoms with Crippen molar-refractivity contribution in [1.82, 2.24) is 9.97 Å². The number of nitrogens with zero attached hydrogens (tertiary/aromatic N) is 2. The summed E-state index contributed by atoms with van der Waals surface area (Å²) in [5.74, 6) is 3.02. The van der Waals surface area contributed by atoms with Crippen LogP contribution >= 0.6 is 0 Å². The van der Waals surface area contributed by atoms with Crippen LogP contribution < -0.4 is 20.1 Å². The van der Waals surface area contributed by atoms with Gasteiger partial charge in [-0.15, -0.1) is 0 Å². The van der Waals surface area contributed by atoms with Crippen molar-refractivity contribution in [3.63, 3.8) is 0 Å². The number of methoxy groups -OCH3 is 2. The molecule has 1 heterocycles. The highest BCUT2D eigenvalue weighted by atomic mass is 16.5. The molecule has 1 aromatic heterocycles. The van der Waals surface area contributed by atoms with Gasteiger partial charge in [0, 0.05) is 24.8 Å². The summed E-state index contributed by atoms with van der Waals surface area (Å²) in [6.45, 7) is 1.26. The lowest BCUT2D eigenvalue weighted by atomic mass is 10.2. The Hall–Kier alpha value is -3.28. The van der Waals surface area contributed by atoms with Gasteiger partial charge < -0.3 is 20.1 Å². The van der Waals surface area contributed by atoms with Crippen LogP contribution in [-0.4, -0.2) is 24.2 Å². The molecule has 0 aliphatic heterocycles.